The SMILES string of the molecule is Cc1ccc(S(=O)(=O)N2CCC(C(=O)NCC(C)N(C)C3CC3)CC2)cc1C. The predicted octanol–water partition coefficient (Wildman–Crippen LogP) is 2.30. The Hall–Kier alpha value is -1.44. The Bertz CT molecular complexity index is 812. The number of amides is 1. The molecule has 1 aromatic rings. The van der Waals surface area contributed by atoms with Crippen LogP contribution in [0.15, 0.2) is 23.1 Å². The van der Waals surface area contributed by atoms with Crippen LogP contribution in [-0.4, -0.2) is 62.3 Å². The summed E-state index contributed by atoms with van der Waals surface area (Å²) in [5, 5.41) is 3.07. The zero-order valence-corrected chi connectivity index (χ0v) is 18.3. The van der Waals surface area contributed by atoms with E-state index >= 15 is 0 Å². The maximum Gasteiger partial charge on any atom is 0.243 e. The van der Waals surface area contributed by atoms with Crippen molar-refractivity contribution in [1.82, 2.24) is 14.5 Å². The molecule has 2 aliphatic rings. The fourth-order valence-electron chi connectivity index (χ4n) is 3.76. The first-order chi connectivity index (χ1) is 13.2. The highest BCUT2D eigenvalue weighted by molar-refractivity contribution is 7.89. The molecule has 1 aromatic carbocycles. The van der Waals surface area contributed by atoms with Gasteiger partial charge in [0.05, 0.1) is 4.90 Å². The van der Waals surface area contributed by atoms with Crippen LogP contribution in [0.3, 0.4) is 0 Å². The van der Waals surface area contributed by atoms with E-state index < -0.39 is 10.0 Å². The summed E-state index contributed by atoms with van der Waals surface area (Å²) in [5.41, 5.74) is 2.05. The maximum atomic E-state index is 12.9. The molecular formula is C21H33N3O3S. The smallest absolute Gasteiger partial charge is 0.243 e. The lowest BCUT2D eigenvalue weighted by atomic mass is 9.97. The van der Waals surface area contributed by atoms with Crippen molar-refractivity contribution in [1.29, 1.82) is 0 Å². The van der Waals surface area contributed by atoms with Crippen molar-refractivity contribution >= 4 is 15.9 Å². The molecule has 2 fully saturated rings. The van der Waals surface area contributed by atoms with Gasteiger partial charge in [-0.05, 0) is 76.8 Å². The van der Waals surface area contributed by atoms with E-state index in [2.05, 4.69) is 24.2 Å². The van der Waals surface area contributed by atoms with Gasteiger partial charge in [-0.3, -0.25) is 9.69 Å². The molecule has 1 saturated heterocycles. The lowest BCUT2D eigenvalue weighted by Crippen LogP contribution is -2.46. The van der Waals surface area contributed by atoms with E-state index in [1.807, 2.05) is 19.9 Å². The van der Waals surface area contributed by atoms with Crippen molar-refractivity contribution < 1.29 is 13.2 Å². The second-order valence-electron chi connectivity index (χ2n) is 8.42. The zero-order chi connectivity index (χ0) is 20.5. The minimum Gasteiger partial charge on any atom is -0.354 e. The standard InChI is InChI=1S/C21H33N3O3S/c1-15-5-8-20(13-16(15)2)28(26,27)24-11-9-18(10-12-24)21(25)22-14-17(3)23(4)19-6-7-19/h5,8,13,17-19H,6-7,9-12,14H2,1-4H3,(H,22,25). The Morgan fingerprint density at radius 1 is 1.18 bits per heavy atom. The third-order valence-electron chi connectivity index (χ3n) is 6.33. The van der Waals surface area contributed by atoms with E-state index in [4.69, 9.17) is 0 Å². The average molecular weight is 408 g/mol. The molecule has 1 N–H and O–H groups in total. The van der Waals surface area contributed by atoms with Gasteiger partial charge in [0.1, 0.15) is 0 Å². The molecule has 0 bridgehead atoms. The lowest BCUT2D eigenvalue weighted by molar-refractivity contribution is -0.126. The number of carbonyl (C=O) groups excluding carboxylic acids is 1. The summed E-state index contributed by atoms with van der Waals surface area (Å²) in [7, 11) is -1.38. The van der Waals surface area contributed by atoms with Gasteiger partial charge < -0.3 is 5.32 Å². The summed E-state index contributed by atoms with van der Waals surface area (Å²) in [5.74, 6) is -0.0519. The fraction of sp³-hybridized carbons (Fsp3) is 0.667. The van der Waals surface area contributed by atoms with Crippen molar-refractivity contribution in [2.45, 2.75) is 63.4 Å². The van der Waals surface area contributed by atoms with E-state index in [9.17, 15) is 13.2 Å². The highest BCUT2D eigenvalue weighted by atomic mass is 32.2. The average Bonchev–Trinajstić information content (AvgIpc) is 3.52. The van der Waals surface area contributed by atoms with Crippen molar-refractivity contribution in [2.24, 2.45) is 5.92 Å². The number of hydrogen-bond donors (Lipinski definition) is 1. The topological polar surface area (TPSA) is 69.7 Å². The number of rotatable bonds is 7. The Morgan fingerprint density at radius 3 is 2.39 bits per heavy atom. The van der Waals surface area contributed by atoms with Crippen LogP contribution in [0.4, 0.5) is 0 Å². The number of nitrogens with one attached hydrogen (secondary N) is 1. The van der Waals surface area contributed by atoms with E-state index in [-0.39, 0.29) is 11.8 Å². The molecule has 1 aliphatic carbocycles. The van der Waals surface area contributed by atoms with Crippen LogP contribution in [0.1, 0.15) is 43.7 Å². The first kappa shape index (κ1) is 21.3. The second-order valence-corrected chi connectivity index (χ2v) is 10.4. The number of sulfonamides is 1. The van der Waals surface area contributed by atoms with Crippen LogP contribution >= 0.6 is 0 Å². The summed E-state index contributed by atoms with van der Waals surface area (Å²) in [6.07, 6.45) is 3.65. The molecule has 1 saturated carbocycles. The number of aryl methyl sites for hydroxylation is 2. The molecule has 1 aliphatic heterocycles. The van der Waals surface area contributed by atoms with Gasteiger partial charge in [0, 0.05) is 37.6 Å². The molecule has 1 atom stereocenters. The van der Waals surface area contributed by atoms with Crippen LogP contribution in [0.2, 0.25) is 0 Å². The van der Waals surface area contributed by atoms with Crippen molar-refractivity contribution in [2.75, 3.05) is 26.7 Å². The maximum absolute atomic E-state index is 12.9. The van der Waals surface area contributed by atoms with Crippen LogP contribution in [-0.2, 0) is 14.8 Å². The molecule has 3 rings (SSSR count). The summed E-state index contributed by atoms with van der Waals surface area (Å²) in [4.78, 5) is 15.2. The van der Waals surface area contributed by atoms with E-state index in [1.165, 1.54) is 17.1 Å². The first-order valence-electron chi connectivity index (χ1n) is 10.3. The number of piperidine rings is 1. The van der Waals surface area contributed by atoms with E-state index in [1.54, 1.807) is 12.1 Å². The molecule has 0 radical (unpaired) electrons. The number of hydrogen-bond acceptors (Lipinski definition) is 4. The fourth-order valence-corrected chi connectivity index (χ4v) is 5.32. The van der Waals surface area contributed by atoms with Gasteiger partial charge in [0.25, 0.3) is 0 Å². The zero-order valence-electron chi connectivity index (χ0n) is 17.4. The second kappa shape index (κ2) is 8.51. The molecule has 1 unspecified atom stereocenters. The molecule has 0 aromatic heterocycles. The van der Waals surface area contributed by atoms with Gasteiger partial charge in [-0.1, -0.05) is 6.07 Å². The predicted molar refractivity (Wildman–Crippen MR) is 111 cm³/mol. The first-order valence-corrected chi connectivity index (χ1v) is 11.7. The highest BCUT2D eigenvalue weighted by Crippen LogP contribution is 2.27. The summed E-state index contributed by atoms with van der Waals surface area (Å²) in [6.45, 7) is 7.46. The lowest BCUT2D eigenvalue weighted by Gasteiger charge is -2.31. The Kier molecular flexibility index (Phi) is 6.47. The number of carbonyl (C=O) groups is 1. The van der Waals surface area contributed by atoms with Gasteiger partial charge in [-0.2, -0.15) is 4.31 Å². The minimum atomic E-state index is -3.50. The molecule has 156 valence electrons. The van der Waals surface area contributed by atoms with Crippen LogP contribution in [0.25, 0.3) is 0 Å². The quantitative estimate of drug-likeness (QED) is 0.753. The monoisotopic (exact) mass is 407 g/mol. The van der Waals surface area contributed by atoms with Gasteiger partial charge >= 0.3 is 0 Å². The number of nitrogens with zero attached hydrogens (tertiary/aromatic N) is 2. The van der Waals surface area contributed by atoms with Gasteiger partial charge in [0.2, 0.25) is 15.9 Å². The summed E-state index contributed by atoms with van der Waals surface area (Å²) < 4.78 is 27.3. The Labute approximate surface area is 169 Å². The third-order valence-corrected chi connectivity index (χ3v) is 8.23. The molecule has 28 heavy (non-hydrogen) atoms. The molecule has 1 amide bonds. The third kappa shape index (κ3) is 4.75. The molecule has 6 nitrogen and oxygen atoms in total. The number of benzene rings is 1. The van der Waals surface area contributed by atoms with Crippen molar-refractivity contribution in [3.8, 4) is 0 Å². The Balaban J connectivity index is 1.51. The van der Waals surface area contributed by atoms with E-state index in [0.29, 0.717) is 49.5 Å². The highest BCUT2D eigenvalue weighted by Gasteiger charge is 2.33. The molecular weight excluding hydrogens is 374 g/mol. The normalized spacial score (nSPS) is 20.3. The van der Waals surface area contributed by atoms with Crippen LogP contribution in [0.5, 0.6) is 0 Å². The van der Waals surface area contributed by atoms with Gasteiger partial charge in [-0.15, -0.1) is 0 Å². The largest absolute Gasteiger partial charge is 0.354 e. The van der Waals surface area contributed by atoms with Crippen molar-refractivity contribution in [3.63, 3.8) is 0 Å². The van der Waals surface area contributed by atoms with Crippen LogP contribution in [0, 0.1) is 19.8 Å². The minimum absolute atomic E-state index is 0.0549. The van der Waals surface area contributed by atoms with Gasteiger partial charge in [-0.25, -0.2) is 8.42 Å². The summed E-state index contributed by atoms with van der Waals surface area (Å²) >= 11 is 0. The number of likely N-dealkylation sites (N-methyl/N-ethyl adjacent to an activating group) is 1. The molecule has 7 heteroatoms. The molecule has 0 spiro atoms. The molecule has 1 heterocycles. The van der Waals surface area contributed by atoms with E-state index in [0.717, 1.165) is 11.1 Å². The summed E-state index contributed by atoms with van der Waals surface area (Å²) in [6, 6.07) is 6.25. The van der Waals surface area contributed by atoms with Gasteiger partial charge in [0.15, 0.2) is 0 Å². The van der Waals surface area contributed by atoms with Crippen molar-refractivity contribution in [3.05, 3.63) is 29.3 Å². The van der Waals surface area contributed by atoms with Crippen LogP contribution < -0.4 is 5.32 Å². The Morgan fingerprint density at radius 2 is 1.82 bits per heavy atom.